The Morgan fingerprint density at radius 3 is 2.55 bits per heavy atom. The van der Waals surface area contributed by atoms with E-state index in [2.05, 4.69) is 15.5 Å². The van der Waals surface area contributed by atoms with Crippen LogP contribution >= 0.6 is 0 Å². The lowest BCUT2D eigenvalue weighted by Gasteiger charge is -2.18. The predicted molar refractivity (Wildman–Crippen MR) is 83.5 cm³/mol. The van der Waals surface area contributed by atoms with Crippen molar-refractivity contribution in [1.82, 2.24) is 4.90 Å². The second kappa shape index (κ2) is 7.69. The largest absolute Gasteiger partial charge is 0.380 e. The van der Waals surface area contributed by atoms with Crippen molar-refractivity contribution in [2.75, 3.05) is 37.8 Å². The van der Waals surface area contributed by atoms with E-state index in [1.54, 1.807) is 12.1 Å². The van der Waals surface area contributed by atoms with E-state index in [0.717, 1.165) is 13.0 Å². The molecule has 0 amide bonds. The third kappa shape index (κ3) is 4.70. The summed E-state index contributed by atoms with van der Waals surface area (Å²) in [7, 11) is 4.03. The van der Waals surface area contributed by atoms with Crippen molar-refractivity contribution in [3.05, 3.63) is 28.3 Å². The van der Waals surface area contributed by atoms with Crippen LogP contribution in [0.15, 0.2) is 18.2 Å². The molecule has 1 aromatic carbocycles. The Hall–Kier alpha value is -1.82. The monoisotopic (exact) mass is 280 g/mol. The molecule has 0 fully saturated rings. The Labute approximate surface area is 120 Å². The molecule has 0 aromatic heterocycles. The summed E-state index contributed by atoms with van der Waals surface area (Å²) >= 11 is 0. The van der Waals surface area contributed by atoms with Gasteiger partial charge in [-0.2, -0.15) is 0 Å². The number of benzene rings is 1. The summed E-state index contributed by atoms with van der Waals surface area (Å²) in [4.78, 5) is 13.0. The maximum Gasteiger partial charge on any atom is 0.315 e. The van der Waals surface area contributed by atoms with Gasteiger partial charge in [0.05, 0.1) is 4.92 Å². The van der Waals surface area contributed by atoms with E-state index in [4.69, 9.17) is 0 Å². The third-order valence-corrected chi connectivity index (χ3v) is 3.00. The first-order valence-electron chi connectivity index (χ1n) is 6.88. The van der Waals surface area contributed by atoms with E-state index in [1.807, 2.05) is 34.0 Å². The number of para-hydroxylation sites is 1. The molecule has 0 aliphatic rings. The van der Waals surface area contributed by atoms with Crippen molar-refractivity contribution in [2.45, 2.75) is 26.3 Å². The Morgan fingerprint density at radius 1 is 1.35 bits per heavy atom. The minimum atomic E-state index is -0.334. The third-order valence-electron chi connectivity index (χ3n) is 3.00. The van der Waals surface area contributed by atoms with Crippen LogP contribution in [0.25, 0.3) is 0 Å². The molecule has 20 heavy (non-hydrogen) atoms. The van der Waals surface area contributed by atoms with Crippen LogP contribution in [0.3, 0.4) is 0 Å². The summed E-state index contributed by atoms with van der Waals surface area (Å²) in [5.41, 5.74) is 1.24. The minimum Gasteiger partial charge on any atom is -0.380 e. The molecule has 112 valence electrons. The first-order valence-corrected chi connectivity index (χ1v) is 6.88. The maximum absolute atomic E-state index is 11.3. The zero-order valence-corrected chi connectivity index (χ0v) is 12.6. The molecule has 1 unspecified atom stereocenters. The van der Waals surface area contributed by atoms with Gasteiger partial charge in [-0.05, 0) is 53.0 Å². The molecule has 0 bridgehead atoms. The quantitative estimate of drug-likeness (QED) is 0.566. The molecule has 1 aromatic rings. The fourth-order valence-corrected chi connectivity index (χ4v) is 1.98. The predicted octanol–water partition coefficient (Wildman–Crippen LogP) is 2.78. The molecular weight excluding hydrogens is 256 g/mol. The summed E-state index contributed by atoms with van der Waals surface area (Å²) < 4.78 is 0. The van der Waals surface area contributed by atoms with Gasteiger partial charge in [-0.3, -0.25) is 10.1 Å². The normalized spacial score (nSPS) is 12.2. The summed E-state index contributed by atoms with van der Waals surface area (Å²) in [5, 5.41) is 17.6. The van der Waals surface area contributed by atoms with Crippen LogP contribution in [-0.2, 0) is 0 Å². The van der Waals surface area contributed by atoms with Gasteiger partial charge in [0.15, 0.2) is 0 Å². The van der Waals surface area contributed by atoms with Crippen LogP contribution in [-0.4, -0.2) is 43.0 Å². The molecule has 6 heteroatoms. The van der Waals surface area contributed by atoms with Crippen LogP contribution in [0.5, 0.6) is 0 Å². The highest BCUT2D eigenvalue weighted by Gasteiger charge is 2.20. The summed E-state index contributed by atoms with van der Waals surface area (Å²) in [6.45, 7) is 5.55. The second-order valence-electron chi connectivity index (χ2n) is 5.13. The van der Waals surface area contributed by atoms with Crippen molar-refractivity contribution in [2.24, 2.45) is 0 Å². The van der Waals surface area contributed by atoms with Crippen LogP contribution in [0.2, 0.25) is 0 Å². The standard InChI is InChI=1S/C14H24N4O2/c1-5-15-12-7-6-8-13(14(12)18(19)20)16-11(2)9-10-17(3)4/h6-8,11,15-16H,5,9-10H2,1-4H3. The fraction of sp³-hybridized carbons (Fsp3) is 0.571. The Kier molecular flexibility index (Phi) is 6.24. The molecule has 2 N–H and O–H groups in total. The van der Waals surface area contributed by atoms with Crippen molar-refractivity contribution in [3.63, 3.8) is 0 Å². The fourth-order valence-electron chi connectivity index (χ4n) is 1.98. The maximum atomic E-state index is 11.3. The first-order chi connectivity index (χ1) is 9.45. The molecule has 0 spiro atoms. The highest BCUT2D eigenvalue weighted by molar-refractivity contribution is 5.76. The SMILES string of the molecule is CCNc1cccc(NC(C)CCN(C)C)c1[N+](=O)[O-]. The molecule has 0 aliphatic heterocycles. The highest BCUT2D eigenvalue weighted by Crippen LogP contribution is 2.33. The van der Waals surface area contributed by atoms with E-state index in [9.17, 15) is 10.1 Å². The van der Waals surface area contributed by atoms with E-state index < -0.39 is 0 Å². The number of nitrogens with zero attached hydrogens (tertiary/aromatic N) is 2. The topological polar surface area (TPSA) is 70.4 Å². The number of anilines is 2. The Balaban J connectivity index is 2.88. The zero-order chi connectivity index (χ0) is 15.1. The lowest BCUT2D eigenvalue weighted by atomic mass is 10.1. The van der Waals surface area contributed by atoms with Gasteiger partial charge in [0.2, 0.25) is 0 Å². The van der Waals surface area contributed by atoms with Gasteiger partial charge in [-0.25, -0.2) is 0 Å². The number of rotatable bonds is 8. The van der Waals surface area contributed by atoms with Crippen LogP contribution in [0.4, 0.5) is 17.1 Å². The number of hydrogen-bond donors (Lipinski definition) is 2. The molecule has 0 saturated carbocycles. The smallest absolute Gasteiger partial charge is 0.315 e. The lowest BCUT2D eigenvalue weighted by molar-refractivity contribution is -0.383. The first kappa shape index (κ1) is 16.2. The van der Waals surface area contributed by atoms with Gasteiger partial charge in [-0.15, -0.1) is 0 Å². The van der Waals surface area contributed by atoms with Crippen LogP contribution in [0, 0.1) is 10.1 Å². The minimum absolute atomic E-state index is 0.117. The van der Waals surface area contributed by atoms with Crippen LogP contribution in [0.1, 0.15) is 20.3 Å². The molecular formula is C14H24N4O2. The van der Waals surface area contributed by atoms with E-state index in [1.165, 1.54) is 0 Å². The number of nitrogens with one attached hydrogen (secondary N) is 2. The number of nitro benzene ring substituents is 1. The highest BCUT2D eigenvalue weighted by atomic mass is 16.6. The van der Waals surface area contributed by atoms with Gasteiger partial charge >= 0.3 is 5.69 Å². The summed E-state index contributed by atoms with van der Waals surface area (Å²) in [6, 6.07) is 5.49. The average Bonchev–Trinajstić information content (AvgIpc) is 2.36. The van der Waals surface area contributed by atoms with E-state index >= 15 is 0 Å². The summed E-state index contributed by atoms with van der Waals surface area (Å²) in [6.07, 6.45) is 0.926. The molecule has 0 heterocycles. The molecule has 1 atom stereocenters. The van der Waals surface area contributed by atoms with Crippen LogP contribution < -0.4 is 10.6 Å². The van der Waals surface area contributed by atoms with Gasteiger partial charge in [0.1, 0.15) is 11.4 Å². The van der Waals surface area contributed by atoms with Gasteiger partial charge in [-0.1, -0.05) is 6.07 Å². The number of nitro groups is 1. The molecule has 0 radical (unpaired) electrons. The van der Waals surface area contributed by atoms with E-state index in [0.29, 0.717) is 17.9 Å². The molecule has 1 rings (SSSR count). The van der Waals surface area contributed by atoms with Crippen molar-refractivity contribution < 1.29 is 4.92 Å². The van der Waals surface area contributed by atoms with E-state index in [-0.39, 0.29) is 16.7 Å². The number of hydrogen-bond acceptors (Lipinski definition) is 5. The Bertz CT molecular complexity index is 449. The average molecular weight is 280 g/mol. The molecule has 6 nitrogen and oxygen atoms in total. The van der Waals surface area contributed by atoms with Crippen molar-refractivity contribution in [3.8, 4) is 0 Å². The second-order valence-corrected chi connectivity index (χ2v) is 5.13. The van der Waals surface area contributed by atoms with Gasteiger partial charge in [0.25, 0.3) is 0 Å². The zero-order valence-electron chi connectivity index (χ0n) is 12.6. The van der Waals surface area contributed by atoms with Crippen molar-refractivity contribution >= 4 is 17.1 Å². The summed E-state index contributed by atoms with van der Waals surface area (Å²) in [5.74, 6) is 0. The van der Waals surface area contributed by atoms with Gasteiger partial charge < -0.3 is 15.5 Å². The van der Waals surface area contributed by atoms with Gasteiger partial charge in [0, 0.05) is 12.6 Å². The molecule has 0 saturated heterocycles. The lowest BCUT2D eigenvalue weighted by Crippen LogP contribution is -2.23. The Morgan fingerprint density at radius 2 is 2.00 bits per heavy atom. The van der Waals surface area contributed by atoms with Crippen molar-refractivity contribution in [1.29, 1.82) is 0 Å². The molecule has 0 aliphatic carbocycles.